The molecule has 0 saturated carbocycles. The molecule has 31 heavy (non-hydrogen) atoms. The summed E-state index contributed by atoms with van der Waals surface area (Å²) in [7, 11) is 3.30. The number of benzene rings is 2. The number of methoxy groups -OCH3 is 1. The minimum atomic E-state index is -0.326. The summed E-state index contributed by atoms with van der Waals surface area (Å²) in [6.45, 7) is 0. The largest absolute Gasteiger partial charge is 0.497 e. The molecule has 0 spiro atoms. The summed E-state index contributed by atoms with van der Waals surface area (Å²) in [5.41, 5.74) is 3.74. The molecular formula is C26H20N2O3. The number of fused-ring (bicyclic) bond motifs is 1. The molecule has 0 N–H and O–H groups in total. The van der Waals surface area contributed by atoms with Gasteiger partial charge < -0.3 is 9.64 Å². The maximum Gasteiger partial charge on any atom is 0.262 e. The van der Waals surface area contributed by atoms with Gasteiger partial charge in [0.25, 0.3) is 5.91 Å². The van der Waals surface area contributed by atoms with Gasteiger partial charge in [-0.25, -0.2) is 0 Å². The van der Waals surface area contributed by atoms with Crippen molar-refractivity contribution >= 4 is 23.5 Å². The van der Waals surface area contributed by atoms with Gasteiger partial charge in [0, 0.05) is 37.0 Å². The van der Waals surface area contributed by atoms with Crippen LogP contribution in [-0.4, -0.2) is 30.8 Å². The Balaban J connectivity index is 1.61. The molecular weight excluding hydrogens is 388 g/mol. The predicted molar refractivity (Wildman–Crippen MR) is 120 cm³/mol. The molecule has 1 amide bonds. The van der Waals surface area contributed by atoms with E-state index < -0.39 is 0 Å². The first-order chi connectivity index (χ1) is 15.1. The van der Waals surface area contributed by atoms with Crippen molar-refractivity contribution in [1.29, 1.82) is 0 Å². The Morgan fingerprint density at radius 3 is 2.48 bits per heavy atom. The molecule has 0 bridgehead atoms. The van der Waals surface area contributed by atoms with Gasteiger partial charge >= 0.3 is 0 Å². The van der Waals surface area contributed by atoms with E-state index in [4.69, 9.17) is 4.74 Å². The Labute approximate surface area is 181 Å². The van der Waals surface area contributed by atoms with Crippen LogP contribution < -0.4 is 9.64 Å². The number of Topliss-reactive ketones (excluding diaryl/α,β-unsaturated/α-hetero) is 1. The Morgan fingerprint density at radius 1 is 1.03 bits per heavy atom. The van der Waals surface area contributed by atoms with E-state index in [-0.39, 0.29) is 17.3 Å². The van der Waals surface area contributed by atoms with E-state index in [0.29, 0.717) is 17.7 Å². The zero-order chi connectivity index (χ0) is 21.8. The lowest BCUT2D eigenvalue weighted by atomic mass is 9.93. The minimum absolute atomic E-state index is 0.129. The highest BCUT2D eigenvalue weighted by atomic mass is 16.5. The fourth-order valence-corrected chi connectivity index (χ4v) is 3.37. The number of carbonyl (C=O) groups is 2. The van der Waals surface area contributed by atoms with Gasteiger partial charge in [0.05, 0.1) is 18.4 Å². The maximum atomic E-state index is 13.1. The van der Waals surface area contributed by atoms with Crippen LogP contribution in [0.3, 0.4) is 0 Å². The van der Waals surface area contributed by atoms with Gasteiger partial charge in [0.1, 0.15) is 5.75 Å². The summed E-state index contributed by atoms with van der Waals surface area (Å²) < 4.78 is 5.16. The molecule has 0 saturated heterocycles. The molecule has 0 aliphatic carbocycles. The summed E-state index contributed by atoms with van der Waals surface area (Å²) in [6, 6.07) is 16.6. The summed E-state index contributed by atoms with van der Waals surface area (Å²) in [6.07, 6.45) is 5.44. The summed E-state index contributed by atoms with van der Waals surface area (Å²) in [5.74, 6) is 6.44. The van der Waals surface area contributed by atoms with Crippen LogP contribution in [0.4, 0.5) is 5.69 Å². The Bertz CT molecular complexity index is 1230. The number of carbonyl (C=O) groups excluding carboxylic acids is 2. The molecule has 5 nitrogen and oxygen atoms in total. The fourth-order valence-electron chi connectivity index (χ4n) is 3.37. The van der Waals surface area contributed by atoms with Gasteiger partial charge in [0.2, 0.25) is 5.78 Å². The average molecular weight is 408 g/mol. The Kier molecular flexibility index (Phi) is 5.63. The average Bonchev–Trinajstić information content (AvgIpc) is 2.81. The molecule has 0 fully saturated rings. The highest BCUT2D eigenvalue weighted by molar-refractivity contribution is 6.36. The van der Waals surface area contributed by atoms with Crippen LogP contribution in [0.5, 0.6) is 5.75 Å². The zero-order valence-corrected chi connectivity index (χ0v) is 17.3. The van der Waals surface area contributed by atoms with Crippen molar-refractivity contribution < 1.29 is 14.3 Å². The second-order valence-corrected chi connectivity index (χ2v) is 7.09. The molecule has 5 heteroatoms. The monoisotopic (exact) mass is 408 g/mol. The number of nitrogens with zero attached hydrogens (tertiary/aromatic N) is 2. The van der Waals surface area contributed by atoms with Crippen molar-refractivity contribution in [2.75, 3.05) is 19.1 Å². The lowest BCUT2D eigenvalue weighted by molar-refractivity contribution is -0.114. The molecule has 2 aromatic carbocycles. The van der Waals surface area contributed by atoms with Crippen molar-refractivity contribution in [3.8, 4) is 17.6 Å². The number of hydrogen-bond acceptors (Lipinski definition) is 4. The fraction of sp³-hybridized carbons (Fsp3) is 0.115. The van der Waals surface area contributed by atoms with E-state index in [1.54, 1.807) is 56.9 Å². The molecule has 0 unspecified atom stereocenters. The van der Waals surface area contributed by atoms with E-state index in [9.17, 15) is 9.59 Å². The van der Waals surface area contributed by atoms with Crippen molar-refractivity contribution in [1.82, 2.24) is 4.98 Å². The molecule has 0 atom stereocenters. The van der Waals surface area contributed by atoms with Crippen molar-refractivity contribution in [3.05, 3.63) is 94.8 Å². The van der Waals surface area contributed by atoms with Crippen LogP contribution >= 0.6 is 0 Å². The number of amides is 1. The molecule has 3 aromatic rings. The van der Waals surface area contributed by atoms with Gasteiger partial charge in [-0.2, -0.15) is 0 Å². The lowest BCUT2D eigenvalue weighted by Gasteiger charge is -2.26. The normalized spacial score (nSPS) is 14.1. The van der Waals surface area contributed by atoms with Crippen LogP contribution in [0.15, 0.2) is 72.6 Å². The van der Waals surface area contributed by atoms with Gasteiger partial charge in [0.15, 0.2) is 0 Å². The first kappa shape index (κ1) is 20.1. The predicted octanol–water partition coefficient (Wildman–Crippen LogP) is 3.93. The van der Waals surface area contributed by atoms with Crippen LogP contribution in [0, 0.1) is 11.8 Å². The second kappa shape index (κ2) is 8.68. The third-order valence-electron chi connectivity index (χ3n) is 5.08. The van der Waals surface area contributed by atoms with Crippen LogP contribution in [-0.2, 0) is 11.2 Å². The first-order valence-electron chi connectivity index (χ1n) is 9.77. The highest BCUT2D eigenvalue weighted by Crippen LogP contribution is 2.31. The molecule has 1 aromatic heterocycles. The number of pyridine rings is 1. The van der Waals surface area contributed by atoms with Gasteiger partial charge in [-0.3, -0.25) is 14.6 Å². The third-order valence-corrected chi connectivity index (χ3v) is 5.08. The Hall–Kier alpha value is -4.17. The topological polar surface area (TPSA) is 59.5 Å². The van der Waals surface area contributed by atoms with E-state index in [0.717, 1.165) is 22.4 Å². The van der Waals surface area contributed by atoms with Crippen molar-refractivity contribution in [2.45, 2.75) is 6.42 Å². The van der Waals surface area contributed by atoms with Crippen molar-refractivity contribution in [2.24, 2.45) is 0 Å². The van der Waals surface area contributed by atoms with E-state index in [2.05, 4.69) is 16.8 Å². The molecule has 1 aliphatic heterocycles. The number of ketones is 1. The molecule has 0 radical (unpaired) electrons. The minimum Gasteiger partial charge on any atom is -0.497 e. The molecule has 2 heterocycles. The SMILES string of the molecule is COc1ccc(CC#Cc2ccc3c(c2)C(=O)/C(=C/c2ccncc2)C(=O)N3C)cc1. The van der Waals surface area contributed by atoms with Gasteiger partial charge in [-0.05, 0) is 59.7 Å². The number of hydrogen-bond donors (Lipinski definition) is 0. The molecule has 1 aliphatic rings. The third kappa shape index (κ3) is 4.24. The number of ether oxygens (including phenoxy) is 1. The van der Waals surface area contributed by atoms with E-state index in [1.807, 2.05) is 30.3 Å². The standard InChI is InChI=1S/C26H20N2O3/c1-28-24-11-8-19(5-3-4-18-6-9-21(31-2)10-7-18)16-22(24)25(29)23(26(28)30)17-20-12-14-27-15-13-20/h6-17H,4H2,1-2H3/b23-17-. The van der Waals surface area contributed by atoms with E-state index >= 15 is 0 Å². The van der Waals surface area contributed by atoms with Crippen LogP contribution in [0.2, 0.25) is 0 Å². The van der Waals surface area contributed by atoms with E-state index in [1.165, 1.54) is 4.90 Å². The quantitative estimate of drug-likeness (QED) is 0.374. The highest BCUT2D eigenvalue weighted by Gasteiger charge is 2.32. The van der Waals surface area contributed by atoms with Crippen LogP contribution in [0.25, 0.3) is 6.08 Å². The number of likely N-dealkylation sites (N-methyl/N-ethyl adjacent to an activating group) is 1. The molecule has 152 valence electrons. The second-order valence-electron chi connectivity index (χ2n) is 7.09. The number of anilines is 1. The maximum absolute atomic E-state index is 13.1. The number of aromatic nitrogens is 1. The number of rotatable bonds is 3. The molecule has 4 rings (SSSR count). The summed E-state index contributed by atoms with van der Waals surface area (Å²) in [4.78, 5) is 31.3. The zero-order valence-electron chi connectivity index (χ0n) is 17.3. The van der Waals surface area contributed by atoms with Gasteiger partial charge in [-0.15, -0.1) is 0 Å². The Morgan fingerprint density at radius 2 is 1.77 bits per heavy atom. The van der Waals surface area contributed by atoms with Crippen molar-refractivity contribution in [3.63, 3.8) is 0 Å². The van der Waals surface area contributed by atoms with Gasteiger partial charge in [-0.1, -0.05) is 24.0 Å². The van der Waals surface area contributed by atoms with Crippen LogP contribution in [0.1, 0.15) is 27.0 Å². The smallest absolute Gasteiger partial charge is 0.262 e. The first-order valence-corrected chi connectivity index (χ1v) is 9.77. The summed E-state index contributed by atoms with van der Waals surface area (Å²) in [5, 5.41) is 0. The lowest BCUT2D eigenvalue weighted by Crippen LogP contribution is -2.36. The summed E-state index contributed by atoms with van der Waals surface area (Å²) >= 11 is 0.